The SMILES string of the molecule is CC(C(N)=O)n1c(=O)n(C2CCN(C3CCCc4c(Cl)cccc43)CC2)c2ccccc21. The largest absolute Gasteiger partial charge is 0.368 e. The van der Waals surface area contributed by atoms with Crippen LogP contribution in [-0.4, -0.2) is 33.0 Å². The van der Waals surface area contributed by atoms with Crippen molar-refractivity contribution in [3.63, 3.8) is 0 Å². The minimum Gasteiger partial charge on any atom is -0.368 e. The van der Waals surface area contributed by atoms with Gasteiger partial charge >= 0.3 is 5.69 Å². The van der Waals surface area contributed by atoms with Gasteiger partial charge in [0.15, 0.2) is 0 Å². The van der Waals surface area contributed by atoms with Crippen molar-refractivity contribution in [1.82, 2.24) is 14.0 Å². The summed E-state index contributed by atoms with van der Waals surface area (Å²) in [6, 6.07) is 13.8. The van der Waals surface area contributed by atoms with Gasteiger partial charge in [-0.05, 0) is 68.4 Å². The molecule has 1 aliphatic carbocycles. The Bertz CT molecular complexity index is 1220. The fraction of sp³-hybridized carbons (Fsp3) is 0.440. The van der Waals surface area contributed by atoms with Crippen LogP contribution in [0, 0.1) is 0 Å². The number of likely N-dealkylation sites (tertiary alicyclic amines) is 1. The predicted octanol–water partition coefficient (Wildman–Crippen LogP) is 4.22. The highest BCUT2D eigenvalue weighted by atomic mass is 35.5. The van der Waals surface area contributed by atoms with Crippen LogP contribution >= 0.6 is 11.6 Å². The predicted molar refractivity (Wildman–Crippen MR) is 127 cm³/mol. The average molecular weight is 453 g/mol. The standard InChI is InChI=1S/C25H29ClN4O2/c1-16(24(27)31)29-22-9-2-3-10-23(22)30(25(29)32)17-12-14-28(15-13-17)21-11-5-6-18-19(21)7-4-8-20(18)26/h2-4,7-10,16-17,21H,5-6,11-15H2,1H3,(H2,27,31). The van der Waals surface area contributed by atoms with E-state index in [1.54, 1.807) is 11.5 Å². The molecular weight excluding hydrogens is 424 g/mol. The molecule has 1 aromatic heterocycles. The molecule has 1 fully saturated rings. The molecule has 2 heterocycles. The van der Waals surface area contributed by atoms with Gasteiger partial charge in [0, 0.05) is 30.2 Å². The number of aromatic nitrogens is 2. The molecule has 6 nitrogen and oxygen atoms in total. The number of imidazole rings is 1. The number of rotatable bonds is 4. The Morgan fingerprint density at radius 2 is 1.78 bits per heavy atom. The Hall–Kier alpha value is -2.57. The molecule has 0 saturated carbocycles. The molecule has 2 aliphatic rings. The van der Waals surface area contributed by atoms with Crippen molar-refractivity contribution in [2.75, 3.05) is 13.1 Å². The summed E-state index contributed by atoms with van der Waals surface area (Å²) in [6.45, 7) is 3.55. The Morgan fingerprint density at radius 1 is 1.06 bits per heavy atom. The zero-order chi connectivity index (χ0) is 22.4. The van der Waals surface area contributed by atoms with Gasteiger partial charge in [-0.3, -0.25) is 18.8 Å². The molecule has 3 aromatic rings. The Kier molecular flexibility index (Phi) is 5.59. The molecule has 0 bridgehead atoms. The summed E-state index contributed by atoms with van der Waals surface area (Å²) in [5.41, 5.74) is 9.70. The van der Waals surface area contributed by atoms with E-state index in [1.807, 2.05) is 34.9 Å². The van der Waals surface area contributed by atoms with E-state index in [1.165, 1.54) is 11.1 Å². The lowest BCUT2D eigenvalue weighted by Gasteiger charge is -2.40. The van der Waals surface area contributed by atoms with Crippen LogP contribution in [0.2, 0.25) is 5.02 Å². The Balaban J connectivity index is 1.43. The van der Waals surface area contributed by atoms with Crippen LogP contribution in [0.1, 0.15) is 61.9 Å². The molecular formula is C25H29ClN4O2. The highest BCUT2D eigenvalue weighted by Gasteiger charge is 2.32. The van der Waals surface area contributed by atoms with Gasteiger partial charge in [0.1, 0.15) is 6.04 Å². The van der Waals surface area contributed by atoms with Gasteiger partial charge in [-0.1, -0.05) is 35.9 Å². The van der Waals surface area contributed by atoms with E-state index in [0.29, 0.717) is 6.04 Å². The second-order valence-electron chi connectivity index (χ2n) is 9.07. The van der Waals surface area contributed by atoms with E-state index < -0.39 is 11.9 Å². The first kappa shape index (κ1) is 21.3. The van der Waals surface area contributed by atoms with Crippen molar-refractivity contribution in [3.8, 4) is 0 Å². The number of carbonyl (C=O) groups excluding carboxylic acids is 1. The van der Waals surface area contributed by atoms with Crippen molar-refractivity contribution in [2.24, 2.45) is 5.73 Å². The third-order valence-corrected chi connectivity index (χ3v) is 7.69. The summed E-state index contributed by atoms with van der Waals surface area (Å²) in [5.74, 6) is -0.501. The van der Waals surface area contributed by atoms with Gasteiger partial charge in [-0.15, -0.1) is 0 Å². The summed E-state index contributed by atoms with van der Waals surface area (Å²) in [4.78, 5) is 27.8. The van der Waals surface area contributed by atoms with Gasteiger partial charge < -0.3 is 5.73 Å². The summed E-state index contributed by atoms with van der Waals surface area (Å²) in [7, 11) is 0. The molecule has 2 atom stereocenters. The van der Waals surface area contributed by atoms with Crippen molar-refractivity contribution in [1.29, 1.82) is 0 Å². The molecule has 2 unspecified atom stereocenters. The Labute approximate surface area is 192 Å². The lowest BCUT2D eigenvalue weighted by molar-refractivity contribution is -0.120. The third-order valence-electron chi connectivity index (χ3n) is 7.34. The first-order chi connectivity index (χ1) is 15.5. The summed E-state index contributed by atoms with van der Waals surface area (Å²) >= 11 is 6.48. The fourth-order valence-electron chi connectivity index (χ4n) is 5.66. The number of nitrogens with two attached hydrogens (primary N) is 1. The highest BCUT2D eigenvalue weighted by Crippen LogP contribution is 2.39. The molecule has 1 amide bonds. The molecule has 168 valence electrons. The number of para-hydroxylation sites is 2. The van der Waals surface area contributed by atoms with E-state index >= 15 is 0 Å². The monoisotopic (exact) mass is 452 g/mol. The van der Waals surface area contributed by atoms with E-state index in [4.69, 9.17) is 17.3 Å². The van der Waals surface area contributed by atoms with Crippen LogP contribution in [0.25, 0.3) is 11.0 Å². The number of nitrogens with zero attached hydrogens (tertiary/aromatic N) is 3. The molecule has 2 N–H and O–H groups in total. The number of amides is 1. The summed E-state index contributed by atoms with van der Waals surface area (Å²) in [6.07, 6.45) is 5.14. The average Bonchev–Trinajstić information content (AvgIpc) is 3.10. The number of benzene rings is 2. The molecule has 1 saturated heterocycles. The van der Waals surface area contributed by atoms with E-state index in [2.05, 4.69) is 17.0 Å². The lowest BCUT2D eigenvalue weighted by atomic mass is 9.85. The minimum atomic E-state index is -0.683. The first-order valence-corrected chi connectivity index (χ1v) is 11.9. The molecule has 0 spiro atoms. The number of hydrogen-bond acceptors (Lipinski definition) is 3. The van der Waals surface area contributed by atoms with E-state index in [-0.39, 0.29) is 11.7 Å². The zero-order valence-corrected chi connectivity index (χ0v) is 19.1. The van der Waals surface area contributed by atoms with E-state index in [0.717, 1.165) is 61.2 Å². The second kappa shape index (κ2) is 8.41. The van der Waals surface area contributed by atoms with Crippen LogP contribution in [0.5, 0.6) is 0 Å². The maximum absolute atomic E-state index is 13.4. The van der Waals surface area contributed by atoms with Crippen molar-refractivity contribution in [2.45, 2.75) is 57.2 Å². The molecule has 1 aliphatic heterocycles. The van der Waals surface area contributed by atoms with Gasteiger partial charge in [-0.2, -0.15) is 0 Å². The normalized spacial score (nSPS) is 20.9. The van der Waals surface area contributed by atoms with E-state index in [9.17, 15) is 9.59 Å². The molecule has 32 heavy (non-hydrogen) atoms. The van der Waals surface area contributed by atoms with Crippen molar-refractivity contribution in [3.05, 3.63) is 69.1 Å². The topological polar surface area (TPSA) is 73.3 Å². The molecule has 2 aromatic carbocycles. The lowest BCUT2D eigenvalue weighted by Crippen LogP contribution is -2.41. The van der Waals surface area contributed by atoms with Crippen LogP contribution in [-0.2, 0) is 11.2 Å². The fourth-order valence-corrected chi connectivity index (χ4v) is 5.94. The zero-order valence-electron chi connectivity index (χ0n) is 18.3. The number of fused-ring (bicyclic) bond motifs is 2. The number of hydrogen-bond donors (Lipinski definition) is 1. The highest BCUT2D eigenvalue weighted by molar-refractivity contribution is 6.31. The number of halogens is 1. The number of primary amides is 1. The van der Waals surface area contributed by atoms with Gasteiger partial charge in [0.2, 0.25) is 5.91 Å². The number of piperidine rings is 1. The van der Waals surface area contributed by atoms with Gasteiger partial charge in [-0.25, -0.2) is 4.79 Å². The van der Waals surface area contributed by atoms with Gasteiger partial charge in [0.05, 0.1) is 11.0 Å². The maximum atomic E-state index is 13.4. The van der Waals surface area contributed by atoms with Crippen LogP contribution in [0.4, 0.5) is 0 Å². The summed E-state index contributed by atoms with van der Waals surface area (Å²) < 4.78 is 3.43. The quantitative estimate of drug-likeness (QED) is 0.644. The molecule has 5 rings (SSSR count). The van der Waals surface area contributed by atoms with Crippen LogP contribution in [0.15, 0.2) is 47.3 Å². The Morgan fingerprint density at radius 3 is 2.50 bits per heavy atom. The van der Waals surface area contributed by atoms with Crippen molar-refractivity contribution >= 4 is 28.5 Å². The van der Waals surface area contributed by atoms with Crippen molar-refractivity contribution < 1.29 is 4.79 Å². The van der Waals surface area contributed by atoms with Crippen LogP contribution < -0.4 is 11.4 Å². The first-order valence-electron chi connectivity index (χ1n) is 11.5. The second-order valence-corrected chi connectivity index (χ2v) is 9.48. The summed E-state index contributed by atoms with van der Waals surface area (Å²) in [5, 5.41) is 0.880. The number of carbonyl (C=O) groups is 1. The maximum Gasteiger partial charge on any atom is 0.330 e. The third kappa shape index (κ3) is 3.46. The molecule has 7 heteroatoms. The van der Waals surface area contributed by atoms with Crippen LogP contribution in [0.3, 0.4) is 0 Å². The smallest absolute Gasteiger partial charge is 0.330 e. The minimum absolute atomic E-state index is 0.104. The molecule has 0 radical (unpaired) electrons. The van der Waals surface area contributed by atoms with Gasteiger partial charge in [0.25, 0.3) is 0 Å².